The third-order valence-electron chi connectivity index (χ3n) is 3.19. The summed E-state index contributed by atoms with van der Waals surface area (Å²) in [4.78, 5) is 11.7. The van der Waals surface area contributed by atoms with Gasteiger partial charge in [0.1, 0.15) is 0 Å². The Labute approximate surface area is 90.8 Å². The van der Waals surface area contributed by atoms with Crippen LogP contribution in [0, 0.1) is 0 Å². The van der Waals surface area contributed by atoms with Gasteiger partial charge in [-0.2, -0.15) is 0 Å². The molecule has 1 atom stereocenters. The molecule has 0 aromatic heterocycles. The van der Waals surface area contributed by atoms with Gasteiger partial charge >= 0.3 is 0 Å². The van der Waals surface area contributed by atoms with Crippen molar-refractivity contribution in [1.29, 1.82) is 0 Å². The molecule has 0 aromatic rings. The average molecular weight is 212 g/mol. The summed E-state index contributed by atoms with van der Waals surface area (Å²) in [5.41, 5.74) is 0. The fourth-order valence-electron chi connectivity index (χ4n) is 2.25. The molecule has 0 radical (unpaired) electrons. The van der Waals surface area contributed by atoms with Crippen LogP contribution in [0.2, 0.25) is 0 Å². The monoisotopic (exact) mass is 212 g/mol. The van der Waals surface area contributed by atoms with E-state index in [1.807, 2.05) is 0 Å². The molecule has 2 heterocycles. The van der Waals surface area contributed by atoms with Crippen molar-refractivity contribution in [2.24, 2.45) is 0 Å². The minimum atomic E-state index is 0.0237. The maximum absolute atomic E-state index is 11.7. The van der Waals surface area contributed by atoms with Crippen LogP contribution in [0.4, 0.5) is 0 Å². The summed E-state index contributed by atoms with van der Waals surface area (Å²) in [5, 5.41) is 6.41. The Bertz CT molecular complexity index is 215. The van der Waals surface area contributed by atoms with Gasteiger partial charge in [-0.1, -0.05) is 0 Å². The molecule has 1 unspecified atom stereocenters. The summed E-state index contributed by atoms with van der Waals surface area (Å²) in [6.07, 6.45) is 5.29. The van der Waals surface area contributed by atoms with Gasteiger partial charge in [0.15, 0.2) is 0 Å². The van der Waals surface area contributed by atoms with Crippen molar-refractivity contribution in [1.82, 2.24) is 10.6 Å². The summed E-state index contributed by atoms with van der Waals surface area (Å²) in [7, 11) is 0. The molecule has 0 aromatic carbocycles. The Kier molecular flexibility index (Phi) is 3.97. The number of hydrogen-bond donors (Lipinski definition) is 2. The number of rotatable bonds is 2. The van der Waals surface area contributed by atoms with Crippen LogP contribution in [0.3, 0.4) is 0 Å². The molecule has 0 spiro atoms. The van der Waals surface area contributed by atoms with Gasteiger partial charge in [-0.15, -0.1) is 0 Å². The zero-order valence-corrected chi connectivity index (χ0v) is 9.13. The van der Waals surface area contributed by atoms with Gasteiger partial charge in [-0.25, -0.2) is 0 Å². The van der Waals surface area contributed by atoms with Gasteiger partial charge in [-0.05, 0) is 32.1 Å². The molecular weight excluding hydrogens is 192 g/mol. The number of ether oxygens (including phenoxy) is 1. The Balaban J connectivity index is 1.82. The summed E-state index contributed by atoms with van der Waals surface area (Å²) in [6, 6.07) is 0.489. The number of carbonyl (C=O) groups excluding carboxylic acids is 1. The molecule has 2 aliphatic heterocycles. The van der Waals surface area contributed by atoms with Gasteiger partial charge in [0.2, 0.25) is 5.91 Å². The van der Waals surface area contributed by atoms with Crippen molar-refractivity contribution < 1.29 is 9.53 Å². The van der Waals surface area contributed by atoms with E-state index in [1.165, 1.54) is 0 Å². The number of nitrogens with one attached hydrogen (secondary N) is 2. The smallest absolute Gasteiger partial charge is 0.237 e. The minimum absolute atomic E-state index is 0.0237. The van der Waals surface area contributed by atoms with Crippen LogP contribution in [-0.2, 0) is 9.53 Å². The predicted octanol–water partition coefficient (Wildman–Crippen LogP) is 0.424. The molecule has 2 saturated heterocycles. The van der Waals surface area contributed by atoms with E-state index >= 15 is 0 Å². The quantitative estimate of drug-likeness (QED) is 0.697. The predicted molar refractivity (Wildman–Crippen MR) is 57.6 cm³/mol. The van der Waals surface area contributed by atoms with E-state index in [0.717, 1.165) is 51.9 Å². The van der Waals surface area contributed by atoms with Crippen molar-refractivity contribution in [3.63, 3.8) is 0 Å². The second-order valence-electron chi connectivity index (χ2n) is 4.39. The lowest BCUT2D eigenvalue weighted by Crippen LogP contribution is -2.48. The summed E-state index contributed by atoms with van der Waals surface area (Å²) < 4.78 is 5.30. The summed E-state index contributed by atoms with van der Waals surface area (Å²) in [5.74, 6) is 0.180. The highest BCUT2D eigenvalue weighted by Crippen LogP contribution is 2.11. The standard InChI is InChI=1S/C11H20N2O2/c14-11-10(3-1-2-6-12-11)13-9-4-7-15-8-5-9/h9-10,13H,1-8H2,(H,12,14). The number of amides is 1. The molecule has 2 rings (SSSR count). The SMILES string of the molecule is O=C1NCCCCC1NC1CCOCC1. The maximum atomic E-state index is 11.7. The van der Waals surface area contributed by atoms with E-state index in [9.17, 15) is 4.79 Å². The molecule has 2 aliphatic rings. The van der Waals surface area contributed by atoms with Gasteiger partial charge in [-0.3, -0.25) is 4.79 Å². The van der Waals surface area contributed by atoms with Crippen LogP contribution < -0.4 is 10.6 Å². The van der Waals surface area contributed by atoms with Crippen molar-refractivity contribution in [2.75, 3.05) is 19.8 Å². The normalized spacial score (nSPS) is 29.6. The lowest BCUT2D eigenvalue weighted by molar-refractivity contribution is -0.123. The minimum Gasteiger partial charge on any atom is -0.381 e. The Morgan fingerprint density at radius 2 is 2.00 bits per heavy atom. The highest BCUT2D eigenvalue weighted by Gasteiger charge is 2.24. The number of hydrogen-bond acceptors (Lipinski definition) is 3. The van der Waals surface area contributed by atoms with Crippen LogP contribution in [0.1, 0.15) is 32.1 Å². The van der Waals surface area contributed by atoms with E-state index < -0.39 is 0 Å². The van der Waals surface area contributed by atoms with Crippen molar-refractivity contribution in [2.45, 2.75) is 44.2 Å². The van der Waals surface area contributed by atoms with Gasteiger partial charge in [0, 0.05) is 25.8 Å². The van der Waals surface area contributed by atoms with Crippen molar-refractivity contribution >= 4 is 5.91 Å². The summed E-state index contributed by atoms with van der Waals surface area (Å²) >= 11 is 0. The fourth-order valence-corrected chi connectivity index (χ4v) is 2.25. The topological polar surface area (TPSA) is 50.4 Å². The van der Waals surface area contributed by atoms with E-state index in [-0.39, 0.29) is 11.9 Å². The zero-order chi connectivity index (χ0) is 10.5. The Morgan fingerprint density at radius 3 is 2.80 bits per heavy atom. The zero-order valence-electron chi connectivity index (χ0n) is 9.13. The third kappa shape index (κ3) is 3.18. The number of carbonyl (C=O) groups is 1. The van der Waals surface area contributed by atoms with Crippen LogP contribution in [-0.4, -0.2) is 37.7 Å². The first kappa shape index (κ1) is 10.9. The first-order valence-electron chi connectivity index (χ1n) is 5.98. The maximum Gasteiger partial charge on any atom is 0.237 e. The highest BCUT2D eigenvalue weighted by molar-refractivity contribution is 5.81. The molecule has 0 aliphatic carbocycles. The Hall–Kier alpha value is -0.610. The van der Waals surface area contributed by atoms with Crippen LogP contribution in [0.5, 0.6) is 0 Å². The van der Waals surface area contributed by atoms with E-state index in [0.29, 0.717) is 6.04 Å². The lowest BCUT2D eigenvalue weighted by Gasteiger charge is -2.27. The molecule has 2 N–H and O–H groups in total. The molecule has 0 bridgehead atoms. The molecule has 1 amide bonds. The largest absolute Gasteiger partial charge is 0.381 e. The van der Waals surface area contributed by atoms with Crippen LogP contribution in [0.15, 0.2) is 0 Å². The lowest BCUT2D eigenvalue weighted by atomic mass is 10.1. The average Bonchev–Trinajstić information content (AvgIpc) is 2.46. The van der Waals surface area contributed by atoms with Crippen LogP contribution >= 0.6 is 0 Å². The molecule has 2 fully saturated rings. The van der Waals surface area contributed by atoms with Gasteiger partial charge in [0.05, 0.1) is 6.04 Å². The molecular formula is C11H20N2O2. The van der Waals surface area contributed by atoms with Crippen molar-refractivity contribution in [3.05, 3.63) is 0 Å². The second-order valence-corrected chi connectivity index (χ2v) is 4.39. The molecule has 86 valence electrons. The fraction of sp³-hybridized carbons (Fsp3) is 0.909. The summed E-state index contributed by atoms with van der Waals surface area (Å²) in [6.45, 7) is 2.49. The highest BCUT2D eigenvalue weighted by atomic mass is 16.5. The molecule has 4 heteroatoms. The first-order valence-corrected chi connectivity index (χ1v) is 5.98. The van der Waals surface area contributed by atoms with E-state index in [2.05, 4.69) is 10.6 Å². The first-order chi connectivity index (χ1) is 7.36. The van der Waals surface area contributed by atoms with E-state index in [4.69, 9.17) is 4.74 Å². The molecule has 4 nitrogen and oxygen atoms in total. The van der Waals surface area contributed by atoms with Gasteiger partial charge < -0.3 is 15.4 Å². The second kappa shape index (κ2) is 5.47. The van der Waals surface area contributed by atoms with E-state index in [1.54, 1.807) is 0 Å². The third-order valence-corrected chi connectivity index (χ3v) is 3.19. The van der Waals surface area contributed by atoms with Crippen molar-refractivity contribution in [3.8, 4) is 0 Å². The molecule has 0 saturated carbocycles. The Morgan fingerprint density at radius 1 is 1.20 bits per heavy atom. The van der Waals surface area contributed by atoms with Crippen LogP contribution in [0.25, 0.3) is 0 Å². The van der Waals surface area contributed by atoms with Gasteiger partial charge in [0.25, 0.3) is 0 Å². The molecule has 15 heavy (non-hydrogen) atoms.